The number of hydrogen-bond acceptors (Lipinski definition) is 7. The molecule has 0 aliphatic carbocycles. The quantitative estimate of drug-likeness (QED) is 0.481. The fraction of sp³-hybridized carbons (Fsp3) is 0.360. The summed E-state index contributed by atoms with van der Waals surface area (Å²) in [4.78, 5) is 25.0. The molecule has 1 aliphatic heterocycles. The number of aryl methyl sites for hydroxylation is 1. The van der Waals surface area contributed by atoms with E-state index in [4.69, 9.17) is 15.2 Å². The number of hydrogen-bond donors (Lipinski definition) is 1. The van der Waals surface area contributed by atoms with E-state index < -0.39 is 17.9 Å². The van der Waals surface area contributed by atoms with E-state index in [9.17, 15) is 18.0 Å². The summed E-state index contributed by atoms with van der Waals surface area (Å²) >= 11 is 0. The minimum absolute atomic E-state index is 0.0250. The maximum atomic E-state index is 13.6. The molecule has 7 nitrogen and oxygen atoms in total. The molecule has 1 fully saturated rings. The second-order valence-corrected chi connectivity index (χ2v) is 8.43. The van der Waals surface area contributed by atoms with Crippen molar-refractivity contribution in [2.45, 2.75) is 32.6 Å². The fourth-order valence-electron chi connectivity index (χ4n) is 4.07. The number of Topliss-reactive ketones (excluding diaryl/α,β-unsaturated/α-hetero) is 1. The lowest BCUT2D eigenvalue weighted by Gasteiger charge is -2.21. The zero-order valence-corrected chi connectivity index (χ0v) is 19.1. The van der Waals surface area contributed by atoms with Gasteiger partial charge in [0.2, 0.25) is 11.8 Å². The number of benzene rings is 1. The lowest BCUT2D eigenvalue weighted by molar-refractivity contribution is -0.122. The number of nitrogens with two attached hydrogens (primary N) is 1. The SMILES string of the molecule is Cc1cc(-c2c(OCC(=O)CC3CCOCC3)nc(N)nc2-c2ccc(F)cc2)cc(C(F)F)n1. The molecule has 1 saturated heterocycles. The molecule has 2 aromatic heterocycles. The molecule has 0 bridgehead atoms. The van der Waals surface area contributed by atoms with Crippen LogP contribution >= 0.6 is 0 Å². The number of rotatable bonds is 8. The highest BCUT2D eigenvalue weighted by Gasteiger charge is 2.23. The van der Waals surface area contributed by atoms with Crippen molar-refractivity contribution in [3.05, 3.63) is 53.6 Å². The van der Waals surface area contributed by atoms with Crippen LogP contribution in [0.1, 0.15) is 37.1 Å². The van der Waals surface area contributed by atoms with Crippen molar-refractivity contribution in [3.63, 3.8) is 0 Å². The monoisotopic (exact) mass is 486 g/mol. The molecule has 3 aromatic rings. The Morgan fingerprint density at radius 3 is 2.51 bits per heavy atom. The van der Waals surface area contributed by atoms with Crippen LogP contribution in [0.3, 0.4) is 0 Å². The smallest absolute Gasteiger partial charge is 0.280 e. The number of aromatic nitrogens is 3. The Balaban J connectivity index is 1.74. The van der Waals surface area contributed by atoms with E-state index in [1.165, 1.54) is 30.3 Å². The number of ketones is 1. The summed E-state index contributed by atoms with van der Waals surface area (Å²) in [5.41, 5.74) is 7.16. The number of alkyl halides is 2. The lowest BCUT2D eigenvalue weighted by atomic mass is 9.94. The standard InChI is InChI=1S/C25H25F3N4O3/c1-14-10-17(12-20(30-14)23(27)28)21-22(16-2-4-18(26)5-3-16)31-25(29)32-24(21)35-13-19(33)11-15-6-8-34-9-7-15/h2-5,10,12,15,23H,6-9,11,13H2,1H3,(H2,29,31,32). The van der Waals surface area contributed by atoms with E-state index in [1.807, 2.05) is 0 Å². The van der Waals surface area contributed by atoms with Crippen LogP contribution in [0, 0.1) is 18.7 Å². The highest BCUT2D eigenvalue weighted by molar-refractivity contribution is 5.86. The fourth-order valence-corrected chi connectivity index (χ4v) is 4.07. The molecule has 10 heteroatoms. The van der Waals surface area contributed by atoms with Crippen LogP contribution in [-0.2, 0) is 9.53 Å². The van der Waals surface area contributed by atoms with E-state index in [0.717, 1.165) is 12.8 Å². The molecule has 3 heterocycles. The van der Waals surface area contributed by atoms with Gasteiger partial charge in [0.05, 0.1) is 11.3 Å². The summed E-state index contributed by atoms with van der Waals surface area (Å²) < 4.78 is 51.7. The first-order valence-electron chi connectivity index (χ1n) is 11.2. The van der Waals surface area contributed by atoms with E-state index in [0.29, 0.717) is 36.5 Å². The molecule has 4 rings (SSSR count). The Labute approximate surface area is 200 Å². The molecule has 0 spiro atoms. The molecule has 0 radical (unpaired) electrons. The third-order valence-corrected chi connectivity index (χ3v) is 5.72. The second-order valence-electron chi connectivity index (χ2n) is 8.43. The maximum absolute atomic E-state index is 13.6. The van der Waals surface area contributed by atoms with Crippen LogP contribution in [0.4, 0.5) is 19.1 Å². The molecule has 0 atom stereocenters. The molecular formula is C25H25F3N4O3. The van der Waals surface area contributed by atoms with Crippen molar-refractivity contribution in [3.8, 4) is 28.3 Å². The zero-order valence-electron chi connectivity index (χ0n) is 19.1. The summed E-state index contributed by atoms with van der Waals surface area (Å²) in [6.45, 7) is 2.57. The number of ether oxygens (including phenoxy) is 2. The van der Waals surface area contributed by atoms with Crippen molar-refractivity contribution < 1.29 is 27.4 Å². The molecule has 184 valence electrons. The summed E-state index contributed by atoms with van der Waals surface area (Å²) in [6, 6.07) is 8.28. The topological polar surface area (TPSA) is 100 Å². The van der Waals surface area contributed by atoms with Crippen LogP contribution in [0.5, 0.6) is 5.88 Å². The third kappa shape index (κ3) is 6.13. The van der Waals surface area contributed by atoms with Crippen molar-refractivity contribution in [2.24, 2.45) is 5.92 Å². The van der Waals surface area contributed by atoms with Gasteiger partial charge in [-0.2, -0.15) is 4.98 Å². The summed E-state index contributed by atoms with van der Waals surface area (Å²) in [5, 5.41) is 0. The van der Waals surface area contributed by atoms with Gasteiger partial charge in [0.15, 0.2) is 5.78 Å². The molecule has 35 heavy (non-hydrogen) atoms. The van der Waals surface area contributed by atoms with E-state index in [-0.39, 0.29) is 41.4 Å². The highest BCUT2D eigenvalue weighted by atomic mass is 19.3. The molecule has 0 saturated carbocycles. The second kappa shape index (κ2) is 10.8. The van der Waals surface area contributed by atoms with Gasteiger partial charge in [-0.3, -0.25) is 9.78 Å². The molecule has 2 N–H and O–H groups in total. The Morgan fingerprint density at radius 1 is 1.11 bits per heavy atom. The summed E-state index contributed by atoms with van der Waals surface area (Å²) in [5.74, 6) is -0.515. The van der Waals surface area contributed by atoms with E-state index in [2.05, 4.69) is 15.0 Å². The third-order valence-electron chi connectivity index (χ3n) is 5.72. The van der Waals surface area contributed by atoms with Gasteiger partial charge in [-0.15, -0.1) is 0 Å². The molecule has 1 aliphatic rings. The first-order chi connectivity index (χ1) is 16.8. The van der Waals surface area contributed by atoms with Crippen LogP contribution < -0.4 is 10.5 Å². The van der Waals surface area contributed by atoms with Crippen LogP contribution in [-0.4, -0.2) is 40.6 Å². The number of pyridine rings is 1. The molecule has 0 unspecified atom stereocenters. The van der Waals surface area contributed by atoms with Gasteiger partial charge in [-0.1, -0.05) is 0 Å². The Bertz CT molecular complexity index is 1200. The average Bonchev–Trinajstić information content (AvgIpc) is 2.83. The van der Waals surface area contributed by atoms with E-state index in [1.54, 1.807) is 13.0 Å². The number of anilines is 1. The zero-order chi connectivity index (χ0) is 24.9. The number of halogens is 3. The van der Waals surface area contributed by atoms with Gasteiger partial charge in [-0.05, 0) is 67.6 Å². The van der Waals surface area contributed by atoms with Gasteiger partial charge in [0, 0.05) is 30.9 Å². The highest BCUT2D eigenvalue weighted by Crippen LogP contribution is 2.39. The van der Waals surface area contributed by atoms with Gasteiger partial charge < -0.3 is 15.2 Å². The van der Waals surface area contributed by atoms with Crippen molar-refractivity contribution in [2.75, 3.05) is 25.6 Å². The van der Waals surface area contributed by atoms with Crippen LogP contribution in [0.25, 0.3) is 22.4 Å². The van der Waals surface area contributed by atoms with E-state index >= 15 is 0 Å². The van der Waals surface area contributed by atoms with Gasteiger partial charge in [-0.25, -0.2) is 18.2 Å². The van der Waals surface area contributed by atoms with Gasteiger partial charge >= 0.3 is 0 Å². The Hall–Kier alpha value is -3.53. The minimum Gasteiger partial charge on any atom is -0.469 e. The van der Waals surface area contributed by atoms with Gasteiger partial charge in [0.25, 0.3) is 6.43 Å². The predicted octanol–water partition coefficient (Wildman–Crippen LogP) is 4.94. The van der Waals surface area contributed by atoms with Crippen molar-refractivity contribution >= 4 is 11.7 Å². The van der Waals surface area contributed by atoms with Gasteiger partial charge in [0.1, 0.15) is 18.1 Å². The average molecular weight is 486 g/mol. The number of nitrogen functional groups attached to an aromatic ring is 1. The lowest BCUT2D eigenvalue weighted by Crippen LogP contribution is -2.22. The molecule has 1 aromatic carbocycles. The van der Waals surface area contributed by atoms with Crippen LogP contribution in [0.2, 0.25) is 0 Å². The van der Waals surface area contributed by atoms with Crippen molar-refractivity contribution in [1.29, 1.82) is 0 Å². The normalized spacial score (nSPS) is 14.3. The summed E-state index contributed by atoms with van der Waals surface area (Å²) in [7, 11) is 0. The Morgan fingerprint density at radius 2 is 1.83 bits per heavy atom. The van der Waals surface area contributed by atoms with Crippen LogP contribution in [0.15, 0.2) is 36.4 Å². The first kappa shape index (κ1) is 24.6. The number of carbonyl (C=O) groups is 1. The predicted molar refractivity (Wildman–Crippen MR) is 123 cm³/mol. The summed E-state index contributed by atoms with van der Waals surface area (Å²) in [6.07, 6.45) is -0.853. The Kier molecular flexibility index (Phi) is 7.60. The number of carbonyl (C=O) groups excluding carboxylic acids is 1. The molecular weight excluding hydrogens is 461 g/mol. The maximum Gasteiger partial charge on any atom is 0.280 e. The first-order valence-corrected chi connectivity index (χ1v) is 11.2. The molecule has 0 amide bonds. The van der Waals surface area contributed by atoms with Crippen molar-refractivity contribution in [1.82, 2.24) is 15.0 Å². The number of nitrogens with zero attached hydrogens (tertiary/aromatic N) is 3. The minimum atomic E-state index is -2.80. The largest absolute Gasteiger partial charge is 0.469 e.